The second kappa shape index (κ2) is 8.62. The summed E-state index contributed by atoms with van der Waals surface area (Å²) < 4.78 is 11.0. The number of likely N-dealkylation sites (tertiary alicyclic amines) is 1. The lowest BCUT2D eigenvalue weighted by atomic mass is 9.68. The van der Waals surface area contributed by atoms with Crippen LogP contribution < -0.4 is 14.3 Å². The molecule has 2 aliphatic heterocycles. The Balaban J connectivity index is 1.45. The summed E-state index contributed by atoms with van der Waals surface area (Å²) in [6.45, 7) is 3.44. The average molecular weight is 545 g/mol. The molecule has 11 heteroatoms. The van der Waals surface area contributed by atoms with Gasteiger partial charge in [-0.3, -0.25) is 19.3 Å². The first-order chi connectivity index (χ1) is 17.7. The molecule has 0 unspecified atom stereocenters. The number of carbonyl (C=O) groups excluding carboxylic acids is 2. The quantitative estimate of drug-likeness (QED) is 0.532. The fourth-order valence-electron chi connectivity index (χ4n) is 7.43. The van der Waals surface area contributed by atoms with Crippen molar-refractivity contribution in [2.45, 2.75) is 42.5 Å². The van der Waals surface area contributed by atoms with Gasteiger partial charge in [0, 0.05) is 16.0 Å². The van der Waals surface area contributed by atoms with Gasteiger partial charge in [0.1, 0.15) is 6.04 Å². The third-order valence-electron chi connectivity index (χ3n) is 8.69. The Kier molecular flexibility index (Phi) is 5.72. The molecule has 8 atom stereocenters. The van der Waals surface area contributed by atoms with Gasteiger partial charge in [0.15, 0.2) is 11.5 Å². The molecule has 0 spiro atoms. The number of hydrogen-bond acceptors (Lipinski definition) is 8. The molecule has 0 radical (unpaired) electrons. The van der Waals surface area contributed by atoms with Crippen LogP contribution >= 0.6 is 23.1 Å². The second-order valence-corrected chi connectivity index (χ2v) is 12.9. The maximum Gasteiger partial charge on any atom is 0.327 e. The number of aliphatic carboxylic acids is 1. The van der Waals surface area contributed by atoms with Crippen molar-refractivity contribution in [1.82, 2.24) is 9.88 Å². The number of rotatable bonds is 6. The number of nitrogens with zero attached hydrogens (tertiary/aromatic N) is 1. The summed E-state index contributed by atoms with van der Waals surface area (Å²) >= 11 is 2.79. The van der Waals surface area contributed by atoms with Crippen LogP contribution in [0.3, 0.4) is 0 Å². The summed E-state index contributed by atoms with van der Waals surface area (Å²) in [5, 5.41) is 10.7. The van der Waals surface area contributed by atoms with Crippen LogP contribution in [-0.2, 0) is 14.4 Å². The number of nitrogens with one attached hydrogen (secondary N) is 1. The fraction of sp³-hybridized carbons (Fsp3) is 0.538. The number of carbonyl (C=O) groups is 3. The van der Waals surface area contributed by atoms with Gasteiger partial charge in [-0.2, -0.15) is 0 Å². The molecule has 2 aliphatic carbocycles. The lowest BCUT2D eigenvalue weighted by Gasteiger charge is -2.43. The molecular formula is C26H28N2O7S2. The highest BCUT2D eigenvalue weighted by molar-refractivity contribution is 8.00. The molecule has 4 aliphatic rings. The van der Waals surface area contributed by atoms with Crippen molar-refractivity contribution in [2.75, 3.05) is 14.2 Å². The number of thioether (sulfide) groups is 1. The van der Waals surface area contributed by atoms with Crippen molar-refractivity contribution in [3.8, 4) is 11.5 Å². The maximum absolute atomic E-state index is 13.7. The third kappa shape index (κ3) is 3.35. The zero-order chi connectivity index (χ0) is 26.3. The first-order valence-corrected chi connectivity index (χ1v) is 14.1. The largest absolute Gasteiger partial charge is 0.493 e. The number of imide groups is 1. The maximum atomic E-state index is 13.7. The summed E-state index contributed by atoms with van der Waals surface area (Å²) in [5.74, 6) is -2.39. The van der Waals surface area contributed by atoms with Gasteiger partial charge in [-0.05, 0) is 47.8 Å². The molecule has 2 N–H and O–H groups in total. The van der Waals surface area contributed by atoms with Gasteiger partial charge in [0.2, 0.25) is 11.8 Å². The number of fused-ring (bicyclic) bond motifs is 9. The standard InChI is InChI=1S/C26H28N2O7S2/c1-9(2)19(25(31)32)28-23(29)17-11-8-12(18(17)24(28)30)20-16(11)15(21-22(36-20)27-26(33)37-21)10-5-6-13(34-3)14(7-10)35-4/h5-7,9,11-12,15-20H,8H2,1-4H3,(H,27,33)(H,31,32)/t11-,12+,15+,16-,17+,18-,19+,20-/m1/s1. The van der Waals surface area contributed by atoms with Gasteiger partial charge in [-0.25, -0.2) is 4.79 Å². The number of thiazole rings is 1. The van der Waals surface area contributed by atoms with Gasteiger partial charge in [0.05, 0.1) is 31.1 Å². The normalized spacial score (nSPS) is 32.4. The minimum atomic E-state index is -1.17. The monoisotopic (exact) mass is 544 g/mol. The number of methoxy groups -OCH3 is 2. The first kappa shape index (κ1) is 24.5. The van der Waals surface area contributed by atoms with E-state index in [1.807, 2.05) is 18.2 Å². The minimum Gasteiger partial charge on any atom is -0.493 e. The van der Waals surface area contributed by atoms with E-state index in [1.165, 1.54) is 11.3 Å². The van der Waals surface area contributed by atoms with Gasteiger partial charge < -0.3 is 19.6 Å². The summed E-state index contributed by atoms with van der Waals surface area (Å²) in [7, 11) is 3.15. The van der Waals surface area contributed by atoms with Crippen molar-refractivity contribution in [3.05, 3.63) is 38.3 Å². The molecule has 37 heavy (non-hydrogen) atoms. The van der Waals surface area contributed by atoms with E-state index in [4.69, 9.17) is 9.47 Å². The highest BCUT2D eigenvalue weighted by atomic mass is 32.2. The van der Waals surface area contributed by atoms with E-state index in [0.717, 1.165) is 26.8 Å². The van der Waals surface area contributed by atoms with Crippen molar-refractivity contribution < 1.29 is 29.0 Å². The minimum absolute atomic E-state index is 0.0207. The van der Waals surface area contributed by atoms with Crippen LogP contribution in [0.15, 0.2) is 28.0 Å². The molecule has 1 aromatic carbocycles. The molecule has 2 amide bonds. The average Bonchev–Trinajstić information content (AvgIpc) is 3.58. The number of aromatic nitrogens is 1. The molecule has 2 saturated carbocycles. The van der Waals surface area contributed by atoms with E-state index < -0.39 is 29.8 Å². The van der Waals surface area contributed by atoms with E-state index >= 15 is 0 Å². The van der Waals surface area contributed by atoms with Crippen LogP contribution in [0.25, 0.3) is 0 Å². The number of benzene rings is 1. The van der Waals surface area contributed by atoms with E-state index in [1.54, 1.807) is 39.8 Å². The Bertz CT molecular complexity index is 1370. The SMILES string of the molecule is COc1ccc([C@@H]2c3sc(=O)[nH]c3S[C@@H]3[C@H]4C[C@@H]([C@@H]5C(=O)N([C@H](C(=O)O)C(C)C)C(=O)[C@H]45)[C@H]23)cc1OC. The molecule has 196 valence electrons. The number of carboxylic acids is 1. The van der Waals surface area contributed by atoms with Crippen molar-refractivity contribution >= 4 is 40.9 Å². The Hall–Kier alpha value is -2.79. The van der Waals surface area contributed by atoms with Crippen molar-refractivity contribution in [1.29, 1.82) is 0 Å². The second-order valence-electron chi connectivity index (χ2n) is 10.6. The molecule has 2 aromatic rings. The summed E-state index contributed by atoms with van der Waals surface area (Å²) in [5.41, 5.74) is 0.966. The number of aromatic amines is 1. The lowest BCUT2D eigenvalue weighted by Crippen LogP contribution is -2.49. The highest BCUT2D eigenvalue weighted by Crippen LogP contribution is 2.68. The van der Waals surface area contributed by atoms with E-state index in [2.05, 4.69) is 4.98 Å². The first-order valence-electron chi connectivity index (χ1n) is 12.4. The fourth-order valence-corrected chi connectivity index (χ4v) is 10.3. The summed E-state index contributed by atoms with van der Waals surface area (Å²) in [6, 6.07) is 4.59. The number of amides is 2. The van der Waals surface area contributed by atoms with E-state index in [-0.39, 0.29) is 45.6 Å². The van der Waals surface area contributed by atoms with Crippen LogP contribution in [0.5, 0.6) is 11.5 Å². The van der Waals surface area contributed by atoms with Crippen LogP contribution in [-0.4, -0.2) is 58.3 Å². The molecular weight excluding hydrogens is 516 g/mol. The predicted molar refractivity (Wildman–Crippen MR) is 136 cm³/mol. The lowest BCUT2D eigenvalue weighted by molar-refractivity contribution is -0.157. The summed E-state index contributed by atoms with van der Waals surface area (Å²) in [4.78, 5) is 56.7. The highest BCUT2D eigenvalue weighted by Gasteiger charge is 2.70. The van der Waals surface area contributed by atoms with E-state index in [0.29, 0.717) is 11.5 Å². The number of carboxylic acid groups (broad SMARTS) is 1. The third-order valence-corrected chi connectivity index (χ3v) is 11.3. The Labute approximate surface area is 221 Å². The van der Waals surface area contributed by atoms with Crippen LogP contribution in [0, 0.1) is 35.5 Å². The smallest absolute Gasteiger partial charge is 0.327 e. The Morgan fingerprint density at radius 1 is 1.08 bits per heavy atom. The Morgan fingerprint density at radius 3 is 2.38 bits per heavy atom. The molecule has 9 nitrogen and oxygen atoms in total. The topological polar surface area (TPSA) is 126 Å². The Morgan fingerprint density at radius 2 is 1.76 bits per heavy atom. The predicted octanol–water partition coefficient (Wildman–Crippen LogP) is 3.04. The van der Waals surface area contributed by atoms with Crippen LogP contribution in [0.1, 0.15) is 36.6 Å². The molecule has 3 heterocycles. The van der Waals surface area contributed by atoms with Gasteiger partial charge in [-0.15, -0.1) is 11.8 Å². The van der Waals surface area contributed by atoms with Crippen LogP contribution in [0.2, 0.25) is 0 Å². The number of hydrogen-bond donors (Lipinski definition) is 2. The zero-order valence-electron chi connectivity index (χ0n) is 20.8. The molecule has 3 fully saturated rings. The zero-order valence-corrected chi connectivity index (χ0v) is 22.4. The molecule has 1 saturated heterocycles. The number of ether oxygens (including phenoxy) is 2. The molecule has 2 bridgehead atoms. The van der Waals surface area contributed by atoms with E-state index in [9.17, 15) is 24.3 Å². The van der Waals surface area contributed by atoms with Crippen molar-refractivity contribution in [3.63, 3.8) is 0 Å². The molecule has 6 rings (SSSR count). The van der Waals surface area contributed by atoms with Gasteiger partial charge in [0.25, 0.3) is 0 Å². The summed E-state index contributed by atoms with van der Waals surface area (Å²) in [6.07, 6.45) is 0.741. The van der Waals surface area contributed by atoms with Gasteiger partial charge >= 0.3 is 10.8 Å². The van der Waals surface area contributed by atoms with Gasteiger partial charge in [-0.1, -0.05) is 31.3 Å². The van der Waals surface area contributed by atoms with Crippen molar-refractivity contribution in [2.24, 2.45) is 35.5 Å². The molecule has 1 aromatic heterocycles. The van der Waals surface area contributed by atoms with Crippen LogP contribution in [0.4, 0.5) is 0 Å². The number of H-pyrrole nitrogens is 1.